The molecule has 0 aliphatic rings. The van der Waals surface area contributed by atoms with Gasteiger partial charge in [-0.15, -0.1) is 0 Å². The van der Waals surface area contributed by atoms with Crippen molar-refractivity contribution in [2.75, 3.05) is 0 Å². The second-order valence-corrected chi connectivity index (χ2v) is 4.19. The molecule has 0 spiro atoms. The molecule has 13 heavy (non-hydrogen) atoms. The highest BCUT2D eigenvalue weighted by atomic mass is 14.3. The molecule has 2 nitrogen and oxygen atoms in total. The van der Waals surface area contributed by atoms with E-state index in [0.717, 1.165) is 0 Å². The first-order chi connectivity index (χ1) is 6.02. The lowest BCUT2D eigenvalue weighted by atomic mass is 9.83. The van der Waals surface area contributed by atoms with E-state index in [-0.39, 0.29) is 11.8 Å². The molecule has 0 N–H and O–H groups in total. The van der Waals surface area contributed by atoms with Crippen molar-refractivity contribution in [3.63, 3.8) is 0 Å². The first-order valence-electron chi connectivity index (χ1n) is 4.82. The number of hydrogen-bond donors (Lipinski definition) is 0. The Balaban J connectivity index is 4.24. The second kappa shape index (κ2) is 5.60. The van der Waals surface area contributed by atoms with E-state index in [2.05, 4.69) is 12.1 Å². The summed E-state index contributed by atoms with van der Waals surface area (Å²) in [7, 11) is 0. The summed E-state index contributed by atoms with van der Waals surface area (Å²) in [6.45, 7) is 8.12. The van der Waals surface area contributed by atoms with Gasteiger partial charge in [-0.1, -0.05) is 27.7 Å². The molecule has 0 aromatic rings. The fourth-order valence-electron chi connectivity index (χ4n) is 1.22. The van der Waals surface area contributed by atoms with Crippen molar-refractivity contribution in [2.24, 2.45) is 23.7 Å². The fourth-order valence-corrected chi connectivity index (χ4v) is 1.22. The lowest BCUT2D eigenvalue weighted by Gasteiger charge is -2.18. The summed E-state index contributed by atoms with van der Waals surface area (Å²) < 4.78 is 0. The van der Waals surface area contributed by atoms with E-state index < -0.39 is 0 Å². The molecule has 0 aromatic heterocycles. The highest BCUT2D eigenvalue weighted by molar-refractivity contribution is 4.93. The van der Waals surface area contributed by atoms with Gasteiger partial charge in [0.2, 0.25) is 0 Å². The highest BCUT2D eigenvalue weighted by Crippen LogP contribution is 2.24. The third-order valence-electron chi connectivity index (χ3n) is 2.45. The summed E-state index contributed by atoms with van der Waals surface area (Å²) >= 11 is 0. The van der Waals surface area contributed by atoms with Gasteiger partial charge in [-0.2, -0.15) is 10.5 Å². The Kier molecular flexibility index (Phi) is 5.16. The summed E-state index contributed by atoms with van der Waals surface area (Å²) in [5.41, 5.74) is 0. The molecule has 0 aliphatic heterocycles. The van der Waals surface area contributed by atoms with Crippen LogP contribution in [0.4, 0.5) is 0 Å². The van der Waals surface area contributed by atoms with Crippen molar-refractivity contribution < 1.29 is 0 Å². The molecule has 2 unspecified atom stereocenters. The number of hydrogen-bond acceptors (Lipinski definition) is 2. The van der Waals surface area contributed by atoms with Crippen LogP contribution in [0.5, 0.6) is 0 Å². The third-order valence-corrected chi connectivity index (χ3v) is 2.45. The molecule has 0 fully saturated rings. The minimum atomic E-state index is 0.0204. The van der Waals surface area contributed by atoms with Crippen LogP contribution in [-0.2, 0) is 0 Å². The van der Waals surface area contributed by atoms with Crippen molar-refractivity contribution in [3.8, 4) is 12.1 Å². The van der Waals surface area contributed by atoms with Crippen molar-refractivity contribution >= 4 is 0 Å². The minimum Gasteiger partial charge on any atom is -0.198 e. The number of nitrogens with zero attached hydrogens (tertiary/aromatic N) is 2. The number of nitriles is 2. The molecule has 2 heteroatoms. The summed E-state index contributed by atoms with van der Waals surface area (Å²) in [5, 5.41) is 17.7. The van der Waals surface area contributed by atoms with Gasteiger partial charge in [-0.25, -0.2) is 0 Å². The summed E-state index contributed by atoms with van der Waals surface area (Å²) in [6, 6.07) is 4.54. The Morgan fingerprint density at radius 1 is 0.846 bits per heavy atom. The van der Waals surface area contributed by atoms with Gasteiger partial charge in [0.05, 0.1) is 12.1 Å². The van der Waals surface area contributed by atoms with Gasteiger partial charge in [-0.3, -0.25) is 0 Å². The van der Waals surface area contributed by atoms with Crippen LogP contribution in [0, 0.1) is 46.3 Å². The molecule has 2 atom stereocenters. The van der Waals surface area contributed by atoms with Crippen LogP contribution in [0.3, 0.4) is 0 Å². The lowest BCUT2D eigenvalue weighted by Crippen LogP contribution is -2.15. The molecule has 0 bridgehead atoms. The zero-order chi connectivity index (χ0) is 10.4. The quantitative estimate of drug-likeness (QED) is 0.664. The zero-order valence-corrected chi connectivity index (χ0v) is 8.91. The molecule has 0 radical (unpaired) electrons. The molecule has 0 saturated carbocycles. The van der Waals surface area contributed by atoms with Crippen LogP contribution in [0.2, 0.25) is 0 Å². The molecule has 0 aliphatic carbocycles. The van der Waals surface area contributed by atoms with Gasteiger partial charge in [0, 0.05) is 11.8 Å². The van der Waals surface area contributed by atoms with E-state index >= 15 is 0 Å². The molecule has 0 rings (SSSR count). The summed E-state index contributed by atoms with van der Waals surface area (Å²) in [5.74, 6) is 0.735. The summed E-state index contributed by atoms with van der Waals surface area (Å²) in [4.78, 5) is 0. The van der Waals surface area contributed by atoms with Crippen LogP contribution in [0.25, 0.3) is 0 Å². The minimum absolute atomic E-state index is 0.0204. The fraction of sp³-hybridized carbons (Fsp3) is 0.818. The molecule has 0 amide bonds. The maximum absolute atomic E-state index is 8.86. The summed E-state index contributed by atoms with van der Waals surface area (Å²) in [6.07, 6.45) is 0.711. The Bertz CT molecular complexity index is 193. The Labute approximate surface area is 81.2 Å². The van der Waals surface area contributed by atoms with E-state index in [0.29, 0.717) is 18.3 Å². The Hall–Kier alpha value is -1.02. The maximum atomic E-state index is 8.86. The van der Waals surface area contributed by atoms with Crippen LogP contribution in [0.15, 0.2) is 0 Å². The van der Waals surface area contributed by atoms with Crippen LogP contribution >= 0.6 is 0 Å². The average Bonchev–Trinajstić information content (AvgIpc) is 2.05. The zero-order valence-electron chi connectivity index (χ0n) is 8.91. The van der Waals surface area contributed by atoms with Crippen molar-refractivity contribution in [3.05, 3.63) is 0 Å². The van der Waals surface area contributed by atoms with Gasteiger partial charge >= 0.3 is 0 Å². The Morgan fingerprint density at radius 2 is 1.15 bits per heavy atom. The first-order valence-corrected chi connectivity index (χ1v) is 4.82. The van der Waals surface area contributed by atoms with Crippen LogP contribution in [0.1, 0.15) is 34.1 Å². The van der Waals surface area contributed by atoms with Crippen LogP contribution < -0.4 is 0 Å². The van der Waals surface area contributed by atoms with Gasteiger partial charge in [0.1, 0.15) is 0 Å². The predicted octanol–water partition coefficient (Wildman–Crippen LogP) is 2.97. The molecular formula is C11H18N2. The third kappa shape index (κ3) is 3.95. The SMILES string of the molecule is CC(C)C(C#N)CC(C#N)C(C)C. The van der Waals surface area contributed by atoms with Crippen LogP contribution in [-0.4, -0.2) is 0 Å². The van der Waals surface area contributed by atoms with Gasteiger partial charge in [0.25, 0.3) is 0 Å². The van der Waals surface area contributed by atoms with E-state index in [1.165, 1.54) is 0 Å². The molecule has 0 heterocycles. The second-order valence-electron chi connectivity index (χ2n) is 4.19. The molecule has 0 saturated heterocycles. The predicted molar refractivity (Wildman–Crippen MR) is 52.5 cm³/mol. The van der Waals surface area contributed by atoms with Crippen molar-refractivity contribution in [2.45, 2.75) is 34.1 Å². The molecule has 0 aromatic carbocycles. The van der Waals surface area contributed by atoms with E-state index in [4.69, 9.17) is 10.5 Å². The lowest BCUT2D eigenvalue weighted by molar-refractivity contribution is 0.345. The smallest absolute Gasteiger partial charge is 0.0658 e. The van der Waals surface area contributed by atoms with Gasteiger partial charge in [0.15, 0.2) is 0 Å². The van der Waals surface area contributed by atoms with Gasteiger partial charge < -0.3 is 0 Å². The largest absolute Gasteiger partial charge is 0.198 e. The highest BCUT2D eigenvalue weighted by Gasteiger charge is 2.20. The number of rotatable bonds is 4. The van der Waals surface area contributed by atoms with Crippen molar-refractivity contribution in [1.82, 2.24) is 0 Å². The normalized spacial score (nSPS) is 15.1. The topological polar surface area (TPSA) is 47.6 Å². The average molecular weight is 178 g/mol. The molecule has 72 valence electrons. The van der Waals surface area contributed by atoms with Gasteiger partial charge in [-0.05, 0) is 18.3 Å². The monoisotopic (exact) mass is 178 g/mol. The molecular weight excluding hydrogens is 160 g/mol. The van der Waals surface area contributed by atoms with E-state index in [1.54, 1.807) is 0 Å². The first kappa shape index (κ1) is 12.0. The van der Waals surface area contributed by atoms with Crippen molar-refractivity contribution in [1.29, 1.82) is 10.5 Å². The standard InChI is InChI=1S/C11H18N2/c1-8(2)10(6-12)5-11(7-13)9(3)4/h8-11H,5H2,1-4H3. The maximum Gasteiger partial charge on any atom is 0.0658 e. The Morgan fingerprint density at radius 3 is 1.31 bits per heavy atom. The van der Waals surface area contributed by atoms with E-state index in [1.807, 2.05) is 27.7 Å². The van der Waals surface area contributed by atoms with E-state index in [9.17, 15) is 0 Å².